The summed E-state index contributed by atoms with van der Waals surface area (Å²) < 4.78 is 2.07. The Morgan fingerprint density at radius 1 is 1.25 bits per heavy atom. The third-order valence-electron chi connectivity index (χ3n) is 2.08. The first kappa shape index (κ1) is 7.35. The summed E-state index contributed by atoms with van der Waals surface area (Å²) in [5.74, 6) is 0. The van der Waals surface area contributed by atoms with Gasteiger partial charge in [0.05, 0.1) is 0 Å². The monoisotopic (exact) mass is 160 g/mol. The highest BCUT2D eigenvalue weighted by molar-refractivity contribution is 5.84. The van der Waals surface area contributed by atoms with E-state index in [9.17, 15) is 0 Å². The van der Waals surface area contributed by atoms with Crippen LogP contribution in [-0.2, 0) is 7.05 Å². The van der Waals surface area contributed by atoms with Gasteiger partial charge in [-0.15, -0.1) is 0 Å². The Morgan fingerprint density at radius 3 is 2.75 bits per heavy atom. The van der Waals surface area contributed by atoms with E-state index in [1.165, 1.54) is 10.8 Å². The maximum atomic E-state index is 4.40. The van der Waals surface area contributed by atoms with Gasteiger partial charge in [0.2, 0.25) is 0 Å². The summed E-state index contributed by atoms with van der Waals surface area (Å²) in [6.07, 6.45) is 4.23. The zero-order valence-corrected chi connectivity index (χ0v) is 7.63. The second kappa shape index (κ2) is 2.34. The summed E-state index contributed by atoms with van der Waals surface area (Å²) in [6.45, 7) is 4.08. The van der Waals surface area contributed by atoms with Crippen LogP contribution >= 0.6 is 0 Å². The van der Waals surface area contributed by atoms with Crippen molar-refractivity contribution in [2.45, 2.75) is 13.8 Å². The molecule has 0 aliphatic carbocycles. The minimum Gasteiger partial charge on any atom is -0.356 e. The van der Waals surface area contributed by atoms with E-state index in [1.54, 1.807) is 0 Å². The Hall–Kier alpha value is -1.31. The molecule has 0 spiro atoms. The molecule has 0 saturated carbocycles. The second-order valence-corrected chi connectivity index (χ2v) is 3.28. The smallest absolute Gasteiger partial charge is 0.0469 e. The third-order valence-corrected chi connectivity index (χ3v) is 2.08. The van der Waals surface area contributed by atoms with Crippen LogP contribution in [0.3, 0.4) is 0 Å². The number of aromatic nitrogens is 2. The maximum absolute atomic E-state index is 4.40. The molecule has 0 amide bonds. The van der Waals surface area contributed by atoms with Gasteiger partial charge < -0.3 is 4.57 Å². The van der Waals surface area contributed by atoms with Crippen LogP contribution in [0.15, 0.2) is 18.5 Å². The van der Waals surface area contributed by atoms with E-state index in [0.717, 1.165) is 11.4 Å². The molecule has 0 atom stereocenters. The third kappa shape index (κ3) is 0.998. The largest absolute Gasteiger partial charge is 0.356 e. The molecule has 0 aromatic carbocycles. The Labute approximate surface area is 71.8 Å². The minimum atomic E-state index is 1.09. The lowest BCUT2D eigenvalue weighted by Crippen LogP contribution is -1.84. The zero-order valence-electron chi connectivity index (χ0n) is 7.63. The predicted octanol–water partition coefficient (Wildman–Crippen LogP) is 2.19. The molecular formula is C10H12N2. The van der Waals surface area contributed by atoms with Gasteiger partial charge in [0.15, 0.2) is 0 Å². The van der Waals surface area contributed by atoms with Crippen molar-refractivity contribution in [3.05, 3.63) is 29.8 Å². The van der Waals surface area contributed by atoms with E-state index in [2.05, 4.69) is 34.9 Å². The summed E-state index contributed by atoms with van der Waals surface area (Å²) in [7, 11) is 2.04. The van der Waals surface area contributed by atoms with Crippen LogP contribution < -0.4 is 0 Å². The molecule has 2 nitrogen and oxygen atoms in total. The Morgan fingerprint density at radius 2 is 2.00 bits per heavy atom. The number of rotatable bonds is 0. The van der Waals surface area contributed by atoms with Gasteiger partial charge >= 0.3 is 0 Å². The molecule has 62 valence electrons. The van der Waals surface area contributed by atoms with Crippen LogP contribution in [-0.4, -0.2) is 9.55 Å². The van der Waals surface area contributed by atoms with Crippen molar-refractivity contribution < 1.29 is 0 Å². The van der Waals surface area contributed by atoms with Gasteiger partial charge in [-0.1, -0.05) is 0 Å². The first-order valence-electron chi connectivity index (χ1n) is 4.07. The lowest BCUT2D eigenvalue weighted by Gasteiger charge is -1.96. The van der Waals surface area contributed by atoms with Crippen LogP contribution in [0.4, 0.5) is 0 Å². The molecule has 0 N–H and O–H groups in total. The van der Waals surface area contributed by atoms with E-state index in [-0.39, 0.29) is 0 Å². The highest BCUT2D eigenvalue weighted by Gasteiger charge is 2.01. The molecule has 2 aromatic heterocycles. The van der Waals surface area contributed by atoms with Crippen LogP contribution in [0, 0.1) is 13.8 Å². The standard InChI is InChI=1S/C10H12N2/c1-7-4-9-5-12(3)6-10(9)8(2)11-7/h4-6H,1-3H3. The van der Waals surface area contributed by atoms with Gasteiger partial charge in [-0.2, -0.15) is 0 Å². The number of hydrogen-bond acceptors (Lipinski definition) is 1. The van der Waals surface area contributed by atoms with Crippen LogP contribution in [0.1, 0.15) is 11.4 Å². The fraction of sp³-hybridized carbons (Fsp3) is 0.300. The molecular weight excluding hydrogens is 148 g/mol. The molecule has 2 rings (SSSR count). The predicted molar refractivity (Wildman–Crippen MR) is 50.2 cm³/mol. The van der Waals surface area contributed by atoms with Crippen LogP contribution in [0.25, 0.3) is 10.8 Å². The Bertz CT molecular complexity index is 427. The lowest BCUT2D eigenvalue weighted by molar-refractivity contribution is 0.933. The van der Waals surface area contributed by atoms with Crippen molar-refractivity contribution in [1.29, 1.82) is 0 Å². The zero-order chi connectivity index (χ0) is 8.72. The molecule has 0 aliphatic heterocycles. The Balaban J connectivity index is 2.88. The maximum Gasteiger partial charge on any atom is 0.0469 e. The first-order chi connectivity index (χ1) is 5.66. The van der Waals surface area contributed by atoms with E-state index in [1.807, 2.05) is 14.0 Å². The van der Waals surface area contributed by atoms with Gasteiger partial charge in [0.25, 0.3) is 0 Å². The van der Waals surface area contributed by atoms with E-state index < -0.39 is 0 Å². The van der Waals surface area contributed by atoms with E-state index in [4.69, 9.17) is 0 Å². The molecule has 0 radical (unpaired) electrons. The molecule has 0 fully saturated rings. The molecule has 0 unspecified atom stereocenters. The summed E-state index contributed by atoms with van der Waals surface area (Å²) in [5.41, 5.74) is 2.21. The Kier molecular flexibility index (Phi) is 1.43. The number of pyridine rings is 1. The van der Waals surface area contributed by atoms with Crippen molar-refractivity contribution in [1.82, 2.24) is 9.55 Å². The summed E-state index contributed by atoms with van der Waals surface area (Å²) in [6, 6.07) is 2.11. The van der Waals surface area contributed by atoms with Crippen LogP contribution in [0.2, 0.25) is 0 Å². The SMILES string of the molecule is Cc1cc2cn(C)cc2c(C)n1. The highest BCUT2D eigenvalue weighted by atomic mass is 14.9. The van der Waals surface area contributed by atoms with E-state index >= 15 is 0 Å². The fourth-order valence-corrected chi connectivity index (χ4v) is 1.60. The first-order valence-corrected chi connectivity index (χ1v) is 4.07. The molecule has 0 aliphatic rings. The van der Waals surface area contributed by atoms with Gasteiger partial charge in [0, 0.05) is 41.6 Å². The van der Waals surface area contributed by atoms with E-state index in [0.29, 0.717) is 0 Å². The molecule has 12 heavy (non-hydrogen) atoms. The summed E-state index contributed by atoms with van der Waals surface area (Å²) in [4.78, 5) is 4.40. The highest BCUT2D eigenvalue weighted by Crippen LogP contribution is 2.17. The topological polar surface area (TPSA) is 17.8 Å². The number of fused-ring (bicyclic) bond motifs is 1. The van der Waals surface area contributed by atoms with Crippen molar-refractivity contribution in [3.8, 4) is 0 Å². The van der Waals surface area contributed by atoms with Crippen molar-refractivity contribution >= 4 is 10.8 Å². The lowest BCUT2D eigenvalue weighted by atomic mass is 10.2. The van der Waals surface area contributed by atoms with Gasteiger partial charge in [0.1, 0.15) is 0 Å². The van der Waals surface area contributed by atoms with Gasteiger partial charge in [-0.05, 0) is 19.9 Å². The quantitative estimate of drug-likeness (QED) is 0.577. The summed E-state index contributed by atoms with van der Waals surface area (Å²) >= 11 is 0. The number of hydrogen-bond donors (Lipinski definition) is 0. The molecule has 0 saturated heterocycles. The number of aryl methyl sites for hydroxylation is 3. The molecule has 2 heteroatoms. The van der Waals surface area contributed by atoms with Crippen molar-refractivity contribution in [2.24, 2.45) is 7.05 Å². The average Bonchev–Trinajstić information content (AvgIpc) is 2.29. The molecule has 0 bridgehead atoms. The van der Waals surface area contributed by atoms with Crippen molar-refractivity contribution in [2.75, 3.05) is 0 Å². The minimum absolute atomic E-state index is 1.09. The molecule has 2 heterocycles. The van der Waals surface area contributed by atoms with Crippen molar-refractivity contribution in [3.63, 3.8) is 0 Å². The summed E-state index contributed by atoms with van der Waals surface area (Å²) in [5, 5.41) is 2.53. The molecule has 2 aromatic rings. The fourth-order valence-electron chi connectivity index (χ4n) is 1.60. The normalized spacial score (nSPS) is 10.9. The average molecular weight is 160 g/mol. The number of nitrogens with zero attached hydrogens (tertiary/aromatic N) is 2. The van der Waals surface area contributed by atoms with Crippen LogP contribution in [0.5, 0.6) is 0 Å². The van der Waals surface area contributed by atoms with Gasteiger partial charge in [-0.25, -0.2) is 0 Å². The van der Waals surface area contributed by atoms with Gasteiger partial charge in [-0.3, -0.25) is 4.98 Å². The second-order valence-electron chi connectivity index (χ2n) is 3.28.